The van der Waals surface area contributed by atoms with Gasteiger partial charge in [-0.25, -0.2) is 0 Å². The van der Waals surface area contributed by atoms with Gasteiger partial charge >= 0.3 is 51.4 Å². The van der Waals surface area contributed by atoms with Gasteiger partial charge in [-0.15, -0.1) is 0 Å². The van der Waals surface area contributed by atoms with Crippen molar-refractivity contribution < 1.29 is 4.80 Å². The zero-order chi connectivity index (χ0) is 6.62. The summed E-state index contributed by atoms with van der Waals surface area (Å²) in [6.07, 6.45) is 0. The molecule has 1 nitrogen and oxygen atoms in total. The van der Waals surface area contributed by atoms with Crippen molar-refractivity contribution in [3.05, 3.63) is 0 Å². The molecule has 3 heteroatoms. The van der Waals surface area contributed by atoms with Crippen LogP contribution in [-0.4, -0.2) is 64.5 Å². The van der Waals surface area contributed by atoms with E-state index in [2.05, 4.69) is 20.8 Å². The van der Waals surface area contributed by atoms with Crippen LogP contribution in [0.15, 0.2) is 0 Å². The van der Waals surface area contributed by atoms with Crippen LogP contribution < -0.4 is 0 Å². The summed E-state index contributed by atoms with van der Waals surface area (Å²) in [6, 6.07) is 3.04. The summed E-state index contributed by atoms with van der Waals surface area (Å²) in [5, 5.41) is 0. The van der Waals surface area contributed by atoms with Crippen molar-refractivity contribution in [3.63, 3.8) is 0 Å². The van der Waals surface area contributed by atoms with E-state index in [0.29, 0.717) is 0 Å². The molecule has 0 saturated carbocycles. The van der Waals surface area contributed by atoms with E-state index in [4.69, 9.17) is 0 Å². The standard InChI is InChI=1S/C6H16OSi.K.H/c1-4-8(7,5-2)6-3;;/h7H,4-6H2,1-3H3;;. The average Bonchev–Trinajstić information content (AvgIpc) is 1.87. The van der Waals surface area contributed by atoms with E-state index in [1.54, 1.807) is 0 Å². The predicted octanol–water partition coefficient (Wildman–Crippen LogP) is 1.34. The molecule has 9 heavy (non-hydrogen) atoms. The first-order chi connectivity index (χ1) is 3.68. The molecule has 0 aromatic rings. The van der Waals surface area contributed by atoms with Crippen molar-refractivity contribution in [2.45, 2.75) is 38.9 Å². The summed E-state index contributed by atoms with van der Waals surface area (Å²) in [5.41, 5.74) is 0. The zero-order valence-electron chi connectivity index (χ0n) is 6.07. The van der Waals surface area contributed by atoms with Crippen LogP contribution in [0.1, 0.15) is 20.8 Å². The monoisotopic (exact) mass is 172 g/mol. The fourth-order valence-corrected chi connectivity index (χ4v) is 2.25. The third-order valence-corrected chi connectivity index (χ3v) is 5.92. The van der Waals surface area contributed by atoms with Gasteiger partial charge in [0.1, 0.15) is 0 Å². The first-order valence-corrected chi connectivity index (χ1v) is 5.97. The Morgan fingerprint density at radius 2 is 1.22 bits per heavy atom. The molecule has 0 radical (unpaired) electrons. The fraction of sp³-hybridized carbons (Fsp3) is 1.00. The second-order valence-corrected chi connectivity index (χ2v) is 6.86. The minimum absolute atomic E-state index is 0. The summed E-state index contributed by atoms with van der Waals surface area (Å²) >= 11 is 0. The van der Waals surface area contributed by atoms with Crippen LogP contribution >= 0.6 is 0 Å². The normalized spacial score (nSPS) is 10.7. The fourth-order valence-electron chi connectivity index (χ4n) is 0.750. The third-order valence-electron chi connectivity index (χ3n) is 1.97. The average molecular weight is 172 g/mol. The number of hydrogen-bond acceptors (Lipinski definition) is 1. The van der Waals surface area contributed by atoms with Gasteiger partial charge < -0.3 is 4.80 Å². The van der Waals surface area contributed by atoms with Gasteiger partial charge in [-0.3, -0.25) is 0 Å². The van der Waals surface area contributed by atoms with Gasteiger partial charge in [0.2, 0.25) is 0 Å². The maximum absolute atomic E-state index is 9.58. The Morgan fingerprint density at radius 3 is 1.22 bits per heavy atom. The van der Waals surface area contributed by atoms with Gasteiger partial charge in [0.05, 0.1) is 0 Å². The minimum atomic E-state index is -1.67. The zero-order valence-corrected chi connectivity index (χ0v) is 7.07. The van der Waals surface area contributed by atoms with Gasteiger partial charge in [-0.1, -0.05) is 20.8 Å². The molecule has 0 aromatic carbocycles. The maximum atomic E-state index is 9.58. The Balaban J connectivity index is 0. The van der Waals surface area contributed by atoms with Crippen LogP contribution in [0.2, 0.25) is 18.1 Å². The van der Waals surface area contributed by atoms with Gasteiger partial charge in [0.25, 0.3) is 0 Å². The van der Waals surface area contributed by atoms with Gasteiger partial charge in [-0.2, -0.15) is 0 Å². The molecule has 0 saturated heterocycles. The first-order valence-electron chi connectivity index (χ1n) is 3.41. The Kier molecular flexibility index (Phi) is 9.71. The molecule has 0 amide bonds. The number of hydrogen-bond donors (Lipinski definition) is 1. The van der Waals surface area contributed by atoms with Crippen molar-refractivity contribution >= 4 is 59.7 Å². The molecule has 0 bridgehead atoms. The Morgan fingerprint density at radius 1 is 1.00 bits per heavy atom. The molecule has 1 N–H and O–H groups in total. The molecular weight excluding hydrogens is 155 g/mol. The molecule has 0 unspecified atom stereocenters. The summed E-state index contributed by atoms with van der Waals surface area (Å²) in [7, 11) is -1.67. The Labute approximate surface area is 102 Å². The van der Waals surface area contributed by atoms with Crippen LogP contribution in [0, 0.1) is 0 Å². The van der Waals surface area contributed by atoms with E-state index in [0.717, 1.165) is 18.1 Å². The predicted molar refractivity (Wildman–Crippen MR) is 46.6 cm³/mol. The van der Waals surface area contributed by atoms with E-state index in [1.807, 2.05) is 0 Å². The first kappa shape index (κ1) is 13.4. The van der Waals surface area contributed by atoms with Crippen molar-refractivity contribution in [2.75, 3.05) is 0 Å². The Hall–Kier alpha value is 1.81. The molecule has 0 aliphatic rings. The van der Waals surface area contributed by atoms with Gasteiger partial charge in [0.15, 0.2) is 8.32 Å². The van der Waals surface area contributed by atoms with Crippen molar-refractivity contribution in [2.24, 2.45) is 0 Å². The van der Waals surface area contributed by atoms with E-state index in [9.17, 15) is 4.80 Å². The molecule has 0 heterocycles. The molecule has 0 rings (SSSR count). The molecular formula is C6H17KOSi. The summed E-state index contributed by atoms with van der Waals surface area (Å²) in [5.74, 6) is 0. The molecule has 0 aromatic heterocycles. The van der Waals surface area contributed by atoms with Crippen molar-refractivity contribution in [1.29, 1.82) is 0 Å². The second kappa shape index (κ2) is 6.52. The van der Waals surface area contributed by atoms with E-state index >= 15 is 0 Å². The molecule has 0 aliphatic carbocycles. The van der Waals surface area contributed by atoms with Crippen LogP contribution in [0.5, 0.6) is 0 Å². The quantitative estimate of drug-likeness (QED) is 0.637. The van der Waals surface area contributed by atoms with Gasteiger partial charge in [-0.05, 0) is 18.1 Å². The molecule has 0 aliphatic heterocycles. The van der Waals surface area contributed by atoms with Crippen molar-refractivity contribution in [3.8, 4) is 0 Å². The van der Waals surface area contributed by atoms with E-state index < -0.39 is 8.32 Å². The SMILES string of the molecule is CC[Si](O)(CC)CC.[KH]. The molecule has 52 valence electrons. The van der Waals surface area contributed by atoms with Gasteiger partial charge in [0, 0.05) is 0 Å². The summed E-state index contributed by atoms with van der Waals surface area (Å²) in [6.45, 7) is 6.25. The summed E-state index contributed by atoms with van der Waals surface area (Å²) in [4.78, 5) is 9.58. The van der Waals surface area contributed by atoms with Crippen LogP contribution in [0.25, 0.3) is 0 Å². The Bertz CT molecular complexity index is 55.8. The van der Waals surface area contributed by atoms with E-state index in [1.165, 1.54) is 0 Å². The molecule has 0 atom stereocenters. The molecule has 0 spiro atoms. The van der Waals surface area contributed by atoms with E-state index in [-0.39, 0.29) is 51.4 Å². The van der Waals surface area contributed by atoms with Crippen LogP contribution in [0.4, 0.5) is 0 Å². The topological polar surface area (TPSA) is 20.2 Å². The second-order valence-electron chi connectivity index (χ2n) is 2.29. The summed E-state index contributed by atoms with van der Waals surface area (Å²) < 4.78 is 0. The third kappa shape index (κ3) is 5.12. The van der Waals surface area contributed by atoms with Crippen LogP contribution in [0.3, 0.4) is 0 Å². The van der Waals surface area contributed by atoms with Crippen LogP contribution in [-0.2, 0) is 0 Å². The number of rotatable bonds is 3. The molecule has 0 fully saturated rings. The van der Waals surface area contributed by atoms with Crippen molar-refractivity contribution in [1.82, 2.24) is 0 Å².